The molecule has 0 aromatic heterocycles. The summed E-state index contributed by atoms with van der Waals surface area (Å²) in [7, 11) is 1.28. The van der Waals surface area contributed by atoms with Crippen molar-refractivity contribution in [1.29, 1.82) is 0 Å². The first kappa shape index (κ1) is 25.2. The number of rotatable bonds is 6. The van der Waals surface area contributed by atoms with Crippen molar-refractivity contribution in [2.24, 2.45) is 5.92 Å². The molecule has 2 amide bonds. The lowest BCUT2D eigenvalue weighted by molar-refractivity contribution is -0.135. The molecule has 1 N–H and O–H groups in total. The average Bonchev–Trinajstić information content (AvgIpc) is 2.81. The van der Waals surface area contributed by atoms with Crippen LogP contribution in [0.15, 0.2) is 46.9 Å². The summed E-state index contributed by atoms with van der Waals surface area (Å²) in [5.41, 5.74) is 1.77. The maximum absolute atomic E-state index is 13.3. The normalized spacial score (nSPS) is 15.3. The Kier molecular flexibility index (Phi) is 8.54. The summed E-state index contributed by atoms with van der Waals surface area (Å²) in [5, 5.41) is 3.59. The van der Waals surface area contributed by atoms with Crippen LogP contribution in [0.5, 0.6) is 0 Å². The van der Waals surface area contributed by atoms with Gasteiger partial charge in [-0.15, -0.1) is 0 Å². The van der Waals surface area contributed by atoms with Crippen LogP contribution < -0.4 is 5.32 Å². The number of hydrogen-bond acceptors (Lipinski definition) is 4. The minimum absolute atomic E-state index is 0.0869. The third-order valence-electron chi connectivity index (χ3n) is 5.95. The largest absolute Gasteiger partial charge is 0.465 e. The monoisotopic (exact) mass is 534 g/mol. The van der Waals surface area contributed by atoms with E-state index in [4.69, 9.17) is 16.3 Å². The Balaban J connectivity index is 1.67. The summed E-state index contributed by atoms with van der Waals surface area (Å²) in [6.45, 7) is 5.08. The number of benzene rings is 2. The molecule has 6 nitrogen and oxygen atoms in total. The quantitative estimate of drug-likeness (QED) is 0.525. The molecule has 1 atom stereocenters. The zero-order valence-electron chi connectivity index (χ0n) is 18.9. The Hall–Kier alpha value is -2.38. The van der Waals surface area contributed by atoms with Gasteiger partial charge in [-0.25, -0.2) is 4.79 Å². The minimum atomic E-state index is -0.662. The Morgan fingerprint density at radius 2 is 1.67 bits per heavy atom. The third kappa shape index (κ3) is 6.36. The number of esters is 1. The van der Waals surface area contributed by atoms with Gasteiger partial charge in [0.25, 0.3) is 5.91 Å². The summed E-state index contributed by atoms with van der Waals surface area (Å²) in [6, 6.07) is 11.9. The molecule has 2 aromatic rings. The molecule has 3 rings (SSSR count). The van der Waals surface area contributed by atoms with Crippen molar-refractivity contribution in [2.75, 3.05) is 20.2 Å². The molecule has 1 heterocycles. The number of hydrogen-bond donors (Lipinski definition) is 1. The van der Waals surface area contributed by atoms with Gasteiger partial charge in [-0.05, 0) is 60.6 Å². The van der Waals surface area contributed by atoms with E-state index in [2.05, 4.69) is 21.2 Å². The van der Waals surface area contributed by atoms with Gasteiger partial charge >= 0.3 is 5.97 Å². The minimum Gasteiger partial charge on any atom is -0.465 e. The molecule has 0 radical (unpaired) electrons. The second-order valence-corrected chi connectivity index (χ2v) is 9.92. The van der Waals surface area contributed by atoms with Gasteiger partial charge in [0.15, 0.2) is 0 Å². The Morgan fingerprint density at radius 3 is 2.24 bits per heavy atom. The van der Waals surface area contributed by atoms with Crippen molar-refractivity contribution in [3.05, 3.63) is 68.7 Å². The first-order chi connectivity index (χ1) is 15.7. The van der Waals surface area contributed by atoms with Crippen LogP contribution >= 0.6 is 27.5 Å². The van der Waals surface area contributed by atoms with E-state index in [9.17, 15) is 14.4 Å². The molecular formula is C25H28BrClN2O4. The number of nitrogens with zero attached hydrogens (tertiary/aromatic N) is 1. The molecule has 0 aliphatic carbocycles. The highest BCUT2D eigenvalue weighted by Gasteiger charge is 2.32. The van der Waals surface area contributed by atoms with Crippen LogP contribution in [-0.2, 0) is 9.53 Å². The zero-order chi connectivity index (χ0) is 24.1. The van der Waals surface area contributed by atoms with E-state index in [0.717, 1.165) is 12.8 Å². The topological polar surface area (TPSA) is 75.7 Å². The average molecular weight is 536 g/mol. The predicted molar refractivity (Wildman–Crippen MR) is 132 cm³/mol. The van der Waals surface area contributed by atoms with E-state index in [1.165, 1.54) is 18.7 Å². The Morgan fingerprint density at radius 1 is 1.06 bits per heavy atom. The van der Waals surface area contributed by atoms with Crippen molar-refractivity contribution >= 4 is 45.3 Å². The maximum Gasteiger partial charge on any atom is 0.337 e. The molecule has 1 aliphatic heterocycles. The molecule has 1 saturated heterocycles. The molecule has 1 aliphatic rings. The number of methoxy groups -OCH3 is 1. The maximum atomic E-state index is 13.3. The lowest BCUT2D eigenvalue weighted by Crippen LogP contribution is -2.52. The fourth-order valence-corrected chi connectivity index (χ4v) is 4.68. The molecule has 8 heteroatoms. The van der Waals surface area contributed by atoms with Crippen LogP contribution in [0.3, 0.4) is 0 Å². The number of carbonyl (C=O) groups is 3. The molecule has 0 bridgehead atoms. The molecule has 33 heavy (non-hydrogen) atoms. The number of halogens is 2. The standard InChI is InChI=1S/C25H28BrClN2O4/c1-15(2)22(28-23(30)18-12-19(25(32)33-3)14-20(26)13-18)24(31)29-10-8-17(9-11-29)16-4-6-21(27)7-5-16/h4-7,12-15,17,22H,8-11H2,1-3H3,(H,28,30)/t22-/m1/s1. The SMILES string of the molecule is COC(=O)c1cc(Br)cc(C(=O)N[C@@H](C(=O)N2CCC(c3ccc(Cl)cc3)CC2)C(C)C)c1. The van der Waals surface area contributed by atoms with Crippen molar-refractivity contribution in [2.45, 2.75) is 38.6 Å². The van der Waals surface area contributed by atoms with Gasteiger partial charge in [0, 0.05) is 28.1 Å². The highest BCUT2D eigenvalue weighted by molar-refractivity contribution is 9.10. The van der Waals surface area contributed by atoms with Crippen LogP contribution in [0.4, 0.5) is 0 Å². The van der Waals surface area contributed by atoms with Crippen LogP contribution in [0.2, 0.25) is 5.02 Å². The number of piperidine rings is 1. The third-order valence-corrected chi connectivity index (χ3v) is 6.66. The number of carbonyl (C=O) groups excluding carboxylic acids is 3. The first-order valence-corrected chi connectivity index (χ1v) is 12.1. The van der Waals surface area contributed by atoms with Gasteiger partial charge in [0.1, 0.15) is 6.04 Å². The second kappa shape index (κ2) is 11.2. The molecule has 2 aromatic carbocycles. The Bertz CT molecular complexity index is 1020. The Labute approximate surface area is 207 Å². The van der Waals surface area contributed by atoms with Gasteiger partial charge in [-0.2, -0.15) is 0 Å². The van der Waals surface area contributed by atoms with Crippen LogP contribution in [0, 0.1) is 5.92 Å². The van der Waals surface area contributed by atoms with E-state index in [1.807, 2.05) is 43.0 Å². The number of likely N-dealkylation sites (tertiary alicyclic amines) is 1. The molecule has 0 spiro atoms. The highest BCUT2D eigenvalue weighted by Crippen LogP contribution is 2.29. The van der Waals surface area contributed by atoms with Crippen molar-refractivity contribution in [3.8, 4) is 0 Å². The van der Waals surface area contributed by atoms with Crippen LogP contribution in [-0.4, -0.2) is 48.9 Å². The number of nitrogens with one attached hydrogen (secondary N) is 1. The summed E-state index contributed by atoms with van der Waals surface area (Å²) >= 11 is 9.32. The molecule has 1 fully saturated rings. The van der Waals surface area contributed by atoms with Crippen molar-refractivity contribution in [1.82, 2.24) is 10.2 Å². The highest BCUT2D eigenvalue weighted by atomic mass is 79.9. The fraction of sp³-hybridized carbons (Fsp3) is 0.400. The fourth-order valence-electron chi connectivity index (χ4n) is 4.06. The van der Waals surface area contributed by atoms with E-state index in [0.29, 0.717) is 28.5 Å². The van der Waals surface area contributed by atoms with Crippen LogP contribution in [0.1, 0.15) is 58.9 Å². The molecule has 0 saturated carbocycles. The first-order valence-electron chi connectivity index (χ1n) is 10.9. The number of amides is 2. The summed E-state index contributed by atoms with van der Waals surface area (Å²) < 4.78 is 5.33. The van der Waals surface area contributed by atoms with Gasteiger partial charge < -0.3 is 15.0 Å². The van der Waals surface area contributed by atoms with Crippen molar-refractivity contribution < 1.29 is 19.1 Å². The number of ether oxygens (including phenoxy) is 1. The van der Waals surface area contributed by atoms with Gasteiger partial charge in [0.05, 0.1) is 12.7 Å². The lowest BCUT2D eigenvalue weighted by Gasteiger charge is -2.35. The zero-order valence-corrected chi connectivity index (χ0v) is 21.3. The molecule has 176 valence electrons. The van der Waals surface area contributed by atoms with Gasteiger partial charge in [-0.1, -0.05) is 53.5 Å². The van der Waals surface area contributed by atoms with E-state index < -0.39 is 17.9 Å². The summed E-state index contributed by atoms with van der Waals surface area (Å²) in [5.74, 6) is -0.745. The van der Waals surface area contributed by atoms with E-state index in [-0.39, 0.29) is 23.0 Å². The lowest BCUT2D eigenvalue weighted by atomic mass is 9.89. The predicted octanol–water partition coefficient (Wildman–Crippen LogP) is 5.05. The van der Waals surface area contributed by atoms with Gasteiger partial charge in [0.2, 0.25) is 5.91 Å². The van der Waals surface area contributed by atoms with Crippen molar-refractivity contribution in [3.63, 3.8) is 0 Å². The molecule has 0 unspecified atom stereocenters. The summed E-state index contributed by atoms with van der Waals surface area (Å²) in [4.78, 5) is 40.0. The van der Waals surface area contributed by atoms with Gasteiger partial charge in [-0.3, -0.25) is 9.59 Å². The van der Waals surface area contributed by atoms with Crippen LogP contribution in [0.25, 0.3) is 0 Å². The smallest absolute Gasteiger partial charge is 0.337 e. The molecular weight excluding hydrogens is 508 g/mol. The van der Waals surface area contributed by atoms with E-state index >= 15 is 0 Å². The summed E-state index contributed by atoms with van der Waals surface area (Å²) in [6.07, 6.45) is 1.72. The second-order valence-electron chi connectivity index (χ2n) is 8.57. The van der Waals surface area contributed by atoms with E-state index in [1.54, 1.807) is 12.1 Å².